The molecule has 1 fully saturated rings. The maximum atomic E-state index is 11.4. The van der Waals surface area contributed by atoms with Gasteiger partial charge in [0.1, 0.15) is 5.03 Å². The topological polar surface area (TPSA) is 62.7 Å². The zero-order valence-corrected chi connectivity index (χ0v) is 13.6. The highest BCUT2D eigenvalue weighted by Gasteiger charge is 2.22. The van der Waals surface area contributed by atoms with Gasteiger partial charge in [-0.3, -0.25) is 4.90 Å². The number of thioether (sulfide) groups is 1. The number of likely N-dealkylation sites (N-methyl/N-ethyl adjacent to an activating group) is 1. The van der Waals surface area contributed by atoms with E-state index >= 15 is 0 Å². The number of rotatable bonds is 5. The van der Waals surface area contributed by atoms with Crippen molar-refractivity contribution in [3.8, 4) is 0 Å². The van der Waals surface area contributed by atoms with Gasteiger partial charge in [0.2, 0.25) is 0 Å². The summed E-state index contributed by atoms with van der Waals surface area (Å²) in [4.78, 5) is 18.2. The zero-order valence-electron chi connectivity index (χ0n) is 12.8. The van der Waals surface area contributed by atoms with Crippen LogP contribution in [0.1, 0.15) is 28.5 Å². The molecule has 1 unspecified atom stereocenters. The molecule has 1 saturated heterocycles. The smallest absolute Gasteiger partial charge is 0.338 e. The molecule has 6 heteroatoms. The molecule has 0 amide bonds. The highest BCUT2D eigenvalue weighted by Crippen LogP contribution is 2.26. The molecule has 0 radical (unpaired) electrons. The second kappa shape index (κ2) is 7.24. The van der Waals surface area contributed by atoms with Gasteiger partial charge in [0, 0.05) is 24.5 Å². The number of carbonyl (C=O) groups is 1. The minimum atomic E-state index is -0.915. The standard InChI is InChI=1S/C15H22N2O3S/c1-4-17-5-6-20-12(8-17)9-21-14-13(15(18)19)10(2)7-11(3)16-14/h7,12H,4-6,8-9H2,1-3H3,(H,18,19). The van der Waals surface area contributed by atoms with Crippen LogP contribution in [0.3, 0.4) is 0 Å². The van der Waals surface area contributed by atoms with Crippen molar-refractivity contribution in [2.45, 2.75) is 31.9 Å². The fourth-order valence-electron chi connectivity index (χ4n) is 2.51. The first-order chi connectivity index (χ1) is 10.0. The molecule has 2 heterocycles. The number of nitrogens with zero attached hydrogens (tertiary/aromatic N) is 2. The molecule has 1 aliphatic heterocycles. The summed E-state index contributed by atoms with van der Waals surface area (Å²) in [5.74, 6) is -0.186. The van der Waals surface area contributed by atoms with Crippen molar-refractivity contribution in [1.82, 2.24) is 9.88 Å². The molecule has 116 valence electrons. The summed E-state index contributed by atoms with van der Waals surface area (Å²) < 4.78 is 5.75. The normalized spacial score (nSPS) is 19.7. The largest absolute Gasteiger partial charge is 0.478 e. The fraction of sp³-hybridized carbons (Fsp3) is 0.600. The highest BCUT2D eigenvalue weighted by atomic mass is 32.2. The van der Waals surface area contributed by atoms with Crippen molar-refractivity contribution in [3.05, 3.63) is 22.9 Å². The van der Waals surface area contributed by atoms with Gasteiger partial charge in [-0.2, -0.15) is 0 Å². The predicted molar refractivity (Wildman–Crippen MR) is 83.2 cm³/mol. The number of pyridine rings is 1. The van der Waals surface area contributed by atoms with E-state index in [1.807, 2.05) is 19.9 Å². The Labute approximate surface area is 129 Å². The van der Waals surface area contributed by atoms with Crippen molar-refractivity contribution in [2.75, 3.05) is 32.0 Å². The average molecular weight is 310 g/mol. The van der Waals surface area contributed by atoms with Crippen LogP contribution in [-0.2, 0) is 4.74 Å². The minimum Gasteiger partial charge on any atom is -0.478 e. The Hall–Kier alpha value is -1.11. The van der Waals surface area contributed by atoms with Gasteiger partial charge in [-0.25, -0.2) is 9.78 Å². The van der Waals surface area contributed by atoms with Crippen LogP contribution in [0.25, 0.3) is 0 Å². The van der Waals surface area contributed by atoms with Gasteiger partial charge in [0.05, 0.1) is 18.3 Å². The summed E-state index contributed by atoms with van der Waals surface area (Å²) in [7, 11) is 0. The zero-order chi connectivity index (χ0) is 15.4. The molecule has 0 aliphatic carbocycles. The van der Waals surface area contributed by atoms with Gasteiger partial charge in [-0.15, -0.1) is 11.8 Å². The summed E-state index contributed by atoms with van der Waals surface area (Å²) >= 11 is 1.48. The van der Waals surface area contributed by atoms with E-state index in [9.17, 15) is 9.90 Å². The third-order valence-electron chi connectivity index (χ3n) is 3.60. The lowest BCUT2D eigenvalue weighted by Gasteiger charge is -2.31. The van der Waals surface area contributed by atoms with Crippen LogP contribution in [0.4, 0.5) is 0 Å². The van der Waals surface area contributed by atoms with E-state index in [4.69, 9.17) is 4.74 Å². The molecule has 0 saturated carbocycles. The van der Waals surface area contributed by atoms with Gasteiger partial charge in [-0.05, 0) is 32.0 Å². The third kappa shape index (κ3) is 4.18. The van der Waals surface area contributed by atoms with Crippen LogP contribution in [0.15, 0.2) is 11.1 Å². The number of morpholine rings is 1. The lowest BCUT2D eigenvalue weighted by Crippen LogP contribution is -2.43. The average Bonchev–Trinajstić information content (AvgIpc) is 2.44. The summed E-state index contributed by atoms with van der Waals surface area (Å²) in [5, 5.41) is 9.96. The molecule has 0 bridgehead atoms. The predicted octanol–water partition coefficient (Wildman–Crippen LogP) is 2.21. The minimum absolute atomic E-state index is 0.132. The van der Waals surface area contributed by atoms with E-state index in [0.29, 0.717) is 10.6 Å². The number of hydrogen-bond acceptors (Lipinski definition) is 5. The number of aryl methyl sites for hydroxylation is 2. The van der Waals surface area contributed by atoms with E-state index in [1.54, 1.807) is 0 Å². The van der Waals surface area contributed by atoms with E-state index in [1.165, 1.54) is 11.8 Å². The first-order valence-corrected chi connectivity index (χ1v) is 8.18. The van der Waals surface area contributed by atoms with Crippen LogP contribution in [0.2, 0.25) is 0 Å². The van der Waals surface area contributed by atoms with Gasteiger partial charge >= 0.3 is 5.97 Å². The van der Waals surface area contributed by atoms with Crippen LogP contribution in [-0.4, -0.2) is 59.1 Å². The van der Waals surface area contributed by atoms with Gasteiger partial charge < -0.3 is 9.84 Å². The number of ether oxygens (including phenoxy) is 1. The summed E-state index contributed by atoms with van der Waals surface area (Å²) in [6.45, 7) is 9.48. The summed E-state index contributed by atoms with van der Waals surface area (Å²) in [5.41, 5.74) is 1.92. The van der Waals surface area contributed by atoms with Crippen molar-refractivity contribution in [1.29, 1.82) is 0 Å². The number of carboxylic acid groups (broad SMARTS) is 1. The van der Waals surface area contributed by atoms with Crippen LogP contribution in [0, 0.1) is 13.8 Å². The Balaban J connectivity index is 2.07. The first-order valence-electron chi connectivity index (χ1n) is 7.19. The molecule has 1 N–H and O–H groups in total. The molecular formula is C15H22N2O3S. The molecule has 1 aromatic rings. The molecule has 2 rings (SSSR count). The molecule has 1 atom stereocenters. The Bertz CT molecular complexity index is 522. The second-order valence-corrected chi connectivity index (χ2v) is 6.27. The van der Waals surface area contributed by atoms with Gasteiger partial charge in [-0.1, -0.05) is 6.92 Å². The molecule has 0 aromatic carbocycles. The van der Waals surface area contributed by atoms with E-state index < -0.39 is 5.97 Å². The van der Waals surface area contributed by atoms with Gasteiger partial charge in [0.25, 0.3) is 0 Å². The molecule has 21 heavy (non-hydrogen) atoms. The molecule has 5 nitrogen and oxygen atoms in total. The highest BCUT2D eigenvalue weighted by molar-refractivity contribution is 7.99. The SMILES string of the molecule is CCN1CCOC(CSc2nc(C)cc(C)c2C(=O)O)C1. The van der Waals surface area contributed by atoms with E-state index in [-0.39, 0.29) is 6.10 Å². The maximum absolute atomic E-state index is 11.4. The Morgan fingerprint density at radius 2 is 2.33 bits per heavy atom. The summed E-state index contributed by atoms with van der Waals surface area (Å²) in [6.07, 6.45) is 0.132. The van der Waals surface area contributed by atoms with Crippen LogP contribution < -0.4 is 0 Å². The van der Waals surface area contributed by atoms with Crippen LogP contribution in [0.5, 0.6) is 0 Å². The van der Waals surface area contributed by atoms with Crippen molar-refractivity contribution >= 4 is 17.7 Å². The van der Waals surface area contributed by atoms with Crippen molar-refractivity contribution < 1.29 is 14.6 Å². The van der Waals surface area contributed by atoms with E-state index in [2.05, 4.69) is 16.8 Å². The number of carboxylic acids is 1. The Morgan fingerprint density at radius 1 is 1.57 bits per heavy atom. The summed E-state index contributed by atoms with van der Waals surface area (Å²) in [6, 6.07) is 1.81. The molecular weight excluding hydrogens is 288 g/mol. The molecule has 1 aromatic heterocycles. The number of aromatic nitrogens is 1. The fourth-order valence-corrected chi connectivity index (χ4v) is 3.65. The van der Waals surface area contributed by atoms with Gasteiger partial charge in [0.15, 0.2) is 0 Å². The van der Waals surface area contributed by atoms with E-state index in [0.717, 1.165) is 43.3 Å². The maximum Gasteiger partial charge on any atom is 0.338 e. The quantitative estimate of drug-likeness (QED) is 0.841. The second-order valence-electron chi connectivity index (χ2n) is 5.26. The Kier molecular flexibility index (Phi) is 5.61. The lowest BCUT2D eigenvalue weighted by molar-refractivity contribution is -0.0137. The van der Waals surface area contributed by atoms with Crippen molar-refractivity contribution in [2.24, 2.45) is 0 Å². The molecule has 0 spiro atoms. The number of aromatic carboxylic acids is 1. The lowest BCUT2D eigenvalue weighted by atomic mass is 10.1. The number of hydrogen-bond donors (Lipinski definition) is 1. The third-order valence-corrected chi connectivity index (χ3v) is 4.71. The monoisotopic (exact) mass is 310 g/mol. The molecule has 1 aliphatic rings. The van der Waals surface area contributed by atoms with Crippen LogP contribution >= 0.6 is 11.8 Å². The van der Waals surface area contributed by atoms with Crippen molar-refractivity contribution in [3.63, 3.8) is 0 Å². The first kappa shape index (κ1) is 16.3. The Morgan fingerprint density at radius 3 is 3.00 bits per heavy atom.